The van der Waals surface area contributed by atoms with Crippen LogP contribution in [0.4, 0.5) is 9.18 Å². The van der Waals surface area contributed by atoms with Crippen molar-refractivity contribution >= 4 is 17.0 Å². The summed E-state index contributed by atoms with van der Waals surface area (Å²) < 4.78 is 19.2. The molecule has 2 aromatic rings. The fourth-order valence-electron chi connectivity index (χ4n) is 4.44. The molecule has 2 atom stereocenters. The van der Waals surface area contributed by atoms with Crippen molar-refractivity contribution in [3.63, 3.8) is 0 Å². The van der Waals surface area contributed by atoms with Gasteiger partial charge in [-0.1, -0.05) is 0 Å². The van der Waals surface area contributed by atoms with Crippen molar-refractivity contribution in [3.8, 4) is 0 Å². The van der Waals surface area contributed by atoms with E-state index in [1.165, 1.54) is 17.3 Å². The summed E-state index contributed by atoms with van der Waals surface area (Å²) in [6.07, 6.45) is 3.94. The number of fused-ring (bicyclic) bond motifs is 3. The summed E-state index contributed by atoms with van der Waals surface area (Å²) in [7, 11) is 0. The lowest BCUT2D eigenvalue weighted by molar-refractivity contribution is 0.0288. The van der Waals surface area contributed by atoms with Gasteiger partial charge >= 0.3 is 6.09 Å². The van der Waals surface area contributed by atoms with Gasteiger partial charge in [0, 0.05) is 42.3 Å². The van der Waals surface area contributed by atoms with Gasteiger partial charge in [-0.2, -0.15) is 0 Å². The van der Waals surface area contributed by atoms with E-state index in [1.54, 1.807) is 6.07 Å². The highest BCUT2D eigenvalue weighted by atomic mass is 19.1. The molecular weight excluding hydrogens is 357 g/mol. The number of aryl methyl sites for hydroxylation is 1. The molecule has 5 nitrogen and oxygen atoms in total. The number of hydrogen-bond donors (Lipinski definition) is 2. The summed E-state index contributed by atoms with van der Waals surface area (Å²) in [5.41, 5.74) is 3.01. The van der Waals surface area contributed by atoms with Crippen LogP contribution in [-0.2, 0) is 11.2 Å². The lowest BCUT2D eigenvalue weighted by Crippen LogP contribution is -2.36. The van der Waals surface area contributed by atoms with Crippen LogP contribution in [0.2, 0.25) is 0 Å². The van der Waals surface area contributed by atoms with Gasteiger partial charge in [0.1, 0.15) is 11.4 Å². The third-order valence-corrected chi connectivity index (χ3v) is 5.76. The van der Waals surface area contributed by atoms with Gasteiger partial charge in [-0.25, -0.2) is 9.18 Å². The van der Waals surface area contributed by atoms with Gasteiger partial charge in [0.2, 0.25) is 0 Å². The first-order chi connectivity index (χ1) is 13.3. The standard InChI is InChI=1S/C22H30FN3O2/c1-22(2,3)28-21(27)26-10-9-14(13-26)12-24-19-6-4-5-16-17-11-15(23)7-8-18(17)25-20(16)19/h7-8,11,14,19,24-25H,4-6,9-10,12-13H2,1-3H3. The van der Waals surface area contributed by atoms with Gasteiger partial charge in [-0.15, -0.1) is 0 Å². The van der Waals surface area contributed by atoms with Crippen LogP contribution >= 0.6 is 0 Å². The Morgan fingerprint density at radius 3 is 2.96 bits per heavy atom. The molecule has 4 rings (SSSR count). The normalized spacial score (nSPS) is 22.5. The lowest BCUT2D eigenvalue weighted by Gasteiger charge is -2.26. The van der Waals surface area contributed by atoms with Crippen LogP contribution in [0, 0.1) is 11.7 Å². The van der Waals surface area contributed by atoms with Crippen LogP contribution in [0.1, 0.15) is 57.3 Å². The Labute approximate surface area is 165 Å². The molecule has 1 amide bonds. The van der Waals surface area contributed by atoms with E-state index >= 15 is 0 Å². The molecule has 1 aliphatic heterocycles. The van der Waals surface area contributed by atoms with Crippen LogP contribution < -0.4 is 5.32 Å². The molecule has 1 saturated heterocycles. The number of aromatic nitrogens is 1. The van der Waals surface area contributed by atoms with E-state index in [4.69, 9.17) is 4.74 Å². The van der Waals surface area contributed by atoms with Crippen molar-refractivity contribution in [2.24, 2.45) is 5.92 Å². The predicted octanol–water partition coefficient (Wildman–Crippen LogP) is 4.53. The largest absolute Gasteiger partial charge is 0.444 e. The third kappa shape index (κ3) is 4.02. The third-order valence-electron chi connectivity index (χ3n) is 5.76. The minimum Gasteiger partial charge on any atom is -0.444 e. The Morgan fingerprint density at radius 1 is 1.36 bits per heavy atom. The summed E-state index contributed by atoms with van der Waals surface area (Å²) in [6, 6.07) is 5.24. The zero-order chi connectivity index (χ0) is 19.9. The number of carbonyl (C=O) groups is 1. The number of hydrogen-bond acceptors (Lipinski definition) is 3. The highest BCUT2D eigenvalue weighted by Crippen LogP contribution is 2.35. The van der Waals surface area contributed by atoms with E-state index < -0.39 is 5.60 Å². The van der Waals surface area contributed by atoms with E-state index in [1.807, 2.05) is 31.7 Å². The molecule has 1 aliphatic carbocycles. The molecule has 28 heavy (non-hydrogen) atoms. The summed E-state index contributed by atoms with van der Waals surface area (Å²) in [5, 5.41) is 4.71. The maximum absolute atomic E-state index is 13.7. The number of aromatic amines is 1. The van der Waals surface area contributed by atoms with Crippen molar-refractivity contribution in [2.75, 3.05) is 19.6 Å². The summed E-state index contributed by atoms with van der Waals surface area (Å²) in [6.45, 7) is 8.04. The van der Waals surface area contributed by atoms with Crippen LogP contribution in [0.3, 0.4) is 0 Å². The molecule has 2 heterocycles. The van der Waals surface area contributed by atoms with Crippen LogP contribution in [0.25, 0.3) is 10.9 Å². The second kappa shape index (κ2) is 7.39. The number of benzene rings is 1. The fraction of sp³-hybridized carbons (Fsp3) is 0.591. The Kier molecular flexibility index (Phi) is 5.08. The minimum atomic E-state index is -0.457. The highest BCUT2D eigenvalue weighted by molar-refractivity contribution is 5.85. The lowest BCUT2D eigenvalue weighted by atomic mass is 9.91. The Balaban J connectivity index is 1.38. The molecule has 0 saturated carbocycles. The number of H-pyrrole nitrogens is 1. The topological polar surface area (TPSA) is 57.4 Å². The Bertz CT molecular complexity index is 871. The number of halogens is 1. The zero-order valence-corrected chi connectivity index (χ0v) is 17.0. The van der Waals surface area contributed by atoms with Crippen molar-refractivity contribution in [1.82, 2.24) is 15.2 Å². The minimum absolute atomic E-state index is 0.183. The molecule has 6 heteroatoms. The molecule has 152 valence electrons. The zero-order valence-electron chi connectivity index (χ0n) is 17.0. The average molecular weight is 387 g/mol. The highest BCUT2D eigenvalue weighted by Gasteiger charge is 2.31. The fourth-order valence-corrected chi connectivity index (χ4v) is 4.44. The molecule has 2 N–H and O–H groups in total. The number of amides is 1. The Hall–Kier alpha value is -2.08. The first-order valence-corrected chi connectivity index (χ1v) is 10.3. The maximum atomic E-state index is 13.7. The molecule has 2 unspecified atom stereocenters. The number of nitrogens with one attached hydrogen (secondary N) is 2. The number of rotatable bonds is 3. The van der Waals surface area contributed by atoms with Crippen molar-refractivity contribution in [1.29, 1.82) is 0 Å². The van der Waals surface area contributed by atoms with E-state index in [-0.39, 0.29) is 18.0 Å². The summed E-state index contributed by atoms with van der Waals surface area (Å²) in [4.78, 5) is 17.6. The Morgan fingerprint density at radius 2 is 2.18 bits per heavy atom. The SMILES string of the molecule is CC(C)(C)OC(=O)N1CCC(CNC2CCCc3c2[nH]c2ccc(F)cc32)C1. The first kappa shape index (κ1) is 19.2. The van der Waals surface area contributed by atoms with Gasteiger partial charge in [-0.05, 0) is 76.1 Å². The molecule has 0 radical (unpaired) electrons. The molecule has 1 aromatic heterocycles. The average Bonchev–Trinajstić information content (AvgIpc) is 3.23. The van der Waals surface area contributed by atoms with E-state index in [2.05, 4.69) is 10.3 Å². The molecule has 1 fully saturated rings. The quantitative estimate of drug-likeness (QED) is 0.813. The maximum Gasteiger partial charge on any atom is 0.410 e. The molecule has 1 aromatic carbocycles. The number of carbonyl (C=O) groups excluding carboxylic acids is 1. The van der Waals surface area contributed by atoms with Gasteiger partial charge < -0.3 is 19.9 Å². The van der Waals surface area contributed by atoms with Gasteiger partial charge in [0.05, 0.1) is 0 Å². The monoisotopic (exact) mass is 387 g/mol. The van der Waals surface area contributed by atoms with Crippen LogP contribution in [-0.4, -0.2) is 41.2 Å². The van der Waals surface area contributed by atoms with Crippen molar-refractivity contribution in [3.05, 3.63) is 35.3 Å². The molecule has 0 bridgehead atoms. The van der Waals surface area contributed by atoms with Gasteiger partial charge in [-0.3, -0.25) is 0 Å². The predicted molar refractivity (Wildman–Crippen MR) is 108 cm³/mol. The van der Waals surface area contributed by atoms with Crippen molar-refractivity contribution in [2.45, 2.75) is 58.1 Å². The van der Waals surface area contributed by atoms with Gasteiger partial charge in [0.15, 0.2) is 0 Å². The van der Waals surface area contributed by atoms with E-state index in [0.717, 1.165) is 56.2 Å². The number of ether oxygens (including phenoxy) is 1. The number of nitrogens with zero attached hydrogens (tertiary/aromatic N) is 1. The second-order valence-electron chi connectivity index (χ2n) is 9.14. The molecule has 2 aliphatic rings. The van der Waals surface area contributed by atoms with Gasteiger partial charge in [0.25, 0.3) is 0 Å². The van der Waals surface area contributed by atoms with E-state index in [0.29, 0.717) is 5.92 Å². The molecule has 0 spiro atoms. The summed E-state index contributed by atoms with van der Waals surface area (Å²) >= 11 is 0. The van der Waals surface area contributed by atoms with Crippen LogP contribution in [0.5, 0.6) is 0 Å². The van der Waals surface area contributed by atoms with E-state index in [9.17, 15) is 9.18 Å². The second-order valence-corrected chi connectivity index (χ2v) is 9.14. The molecular formula is C22H30FN3O2. The van der Waals surface area contributed by atoms with Crippen LogP contribution in [0.15, 0.2) is 18.2 Å². The number of likely N-dealkylation sites (tertiary alicyclic amines) is 1. The smallest absolute Gasteiger partial charge is 0.410 e. The summed E-state index contributed by atoms with van der Waals surface area (Å²) in [5.74, 6) is 0.247. The first-order valence-electron chi connectivity index (χ1n) is 10.3. The van der Waals surface area contributed by atoms with Crippen molar-refractivity contribution < 1.29 is 13.9 Å².